The van der Waals surface area contributed by atoms with Gasteiger partial charge >= 0.3 is 0 Å². The Morgan fingerprint density at radius 1 is 1.04 bits per heavy atom. The van der Waals surface area contributed by atoms with Crippen molar-refractivity contribution in [2.75, 3.05) is 26.7 Å². The van der Waals surface area contributed by atoms with Gasteiger partial charge in [-0.3, -0.25) is 9.48 Å². The van der Waals surface area contributed by atoms with Crippen molar-refractivity contribution in [1.29, 1.82) is 0 Å². The largest absolute Gasteiger partial charge is 0.293 e. The van der Waals surface area contributed by atoms with Gasteiger partial charge in [0, 0.05) is 0 Å². The maximum atomic E-state index is 4.92. The van der Waals surface area contributed by atoms with Crippen molar-refractivity contribution in [3.8, 4) is 0 Å². The first-order valence-corrected chi connectivity index (χ1v) is 9.72. The normalized spacial score (nSPS) is 15.5. The Kier molecular flexibility index (Phi) is 8.00. The fourth-order valence-electron chi connectivity index (χ4n) is 3.37. The van der Waals surface area contributed by atoms with Crippen LogP contribution in [-0.4, -0.2) is 47.7 Å². The van der Waals surface area contributed by atoms with E-state index in [2.05, 4.69) is 54.6 Å². The molecule has 1 aromatic rings. The van der Waals surface area contributed by atoms with Crippen molar-refractivity contribution in [2.24, 2.45) is 4.99 Å². The molecule has 0 saturated heterocycles. The van der Waals surface area contributed by atoms with Crippen molar-refractivity contribution in [1.82, 2.24) is 4.90 Å². The highest BCUT2D eigenvalue weighted by atomic mass is 15.3. The molecule has 0 saturated carbocycles. The molecule has 0 spiro atoms. The predicted octanol–water partition coefficient (Wildman–Crippen LogP) is 4.89. The highest BCUT2D eigenvalue weighted by Crippen LogP contribution is 2.15. The molecule has 0 N–H and O–H groups in total. The minimum atomic E-state index is 0.974. The Morgan fingerprint density at radius 3 is 2.46 bits per heavy atom. The second-order valence-corrected chi connectivity index (χ2v) is 6.75. The van der Waals surface area contributed by atoms with Crippen molar-refractivity contribution >= 4 is 17.2 Å². The summed E-state index contributed by atoms with van der Waals surface area (Å²) in [6.45, 7) is 7.90. The molecule has 1 heterocycles. The Morgan fingerprint density at radius 2 is 1.75 bits per heavy atom. The molecule has 1 aliphatic rings. The molecule has 0 amide bonds. The molecular formula is C21H34N3+. The van der Waals surface area contributed by atoms with Crippen LogP contribution < -0.4 is 0 Å². The summed E-state index contributed by atoms with van der Waals surface area (Å²) in [5.41, 5.74) is 2.27. The number of unbranched alkanes of at least 4 members (excludes halogenated alkanes) is 5. The fraction of sp³-hybridized carbons (Fsp3) is 0.619. The Labute approximate surface area is 148 Å². The lowest BCUT2D eigenvalue weighted by atomic mass is 10.1. The summed E-state index contributed by atoms with van der Waals surface area (Å²) < 4.78 is 2.38. The molecule has 0 unspecified atom stereocenters. The van der Waals surface area contributed by atoms with Crippen molar-refractivity contribution in [3.63, 3.8) is 0 Å². The zero-order valence-electron chi connectivity index (χ0n) is 15.8. The minimum absolute atomic E-state index is 0.974. The third kappa shape index (κ3) is 5.47. The molecule has 0 atom stereocenters. The van der Waals surface area contributed by atoms with Gasteiger partial charge in [0.1, 0.15) is 18.8 Å². The average molecular weight is 329 g/mol. The number of amidine groups is 1. The lowest BCUT2D eigenvalue weighted by Crippen LogP contribution is -2.36. The molecule has 3 heteroatoms. The second-order valence-electron chi connectivity index (χ2n) is 6.75. The first-order chi connectivity index (χ1) is 11.8. The Balaban J connectivity index is 1.97. The van der Waals surface area contributed by atoms with Crippen LogP contribution in [0, 0.1) is 0 Å². The average Bonchev–Trinajstić information content (AvgIpc) is 2.97. The number of benzene rings is 1. The summed E-state index contributed by atoms with van der Waals surface area (Å²) in [5.74, 6) is 1.34. The third-order valence-corrected chi connectivity index (χ3v) is 4.76. The summed E-state index contributed by atoms with van der Waals surface area (Å²) >= 11 is 0. The van der Waals surface area contributed by atoms with Crippen molar-refractivity contribution < 1.29 is 4.58 Å². The molecule has 0 fully saturated rings. The summed E-state index contributed by atoms with van der Waals surface area (Å²) in [6, 6.07) is 10.3. The van der Waals surface area contributed by atoms with E-state index in [1.807, 2.05) is 6.07 Å². The van der Waals surface area contributed by atoms with Crippen LogP contribution in [0.3, 0.4) is 0 Å². The monoisotopic (exact) mass is 328 g/mol. The fourth-order valence-corrected chi connectivity index (χ4v) is 3.37. The van der Waals surface area contributed by atoms with Crippen LogP contribution in [0.1, 0.15) is 58.8 Å². The van der Waals surface area contributed by atoms with Gasteiger partial charge in [-0.2, -0.15) is 0 Å². The molecule has 1 aliphatic heterocycles. The van der Waals surface area contributed by atoms with E-state index in [4.69, 9.17) is 4.99 Å². The lowest BCUT2D eigenvalue weighted by molar-refractivity contribution is -0.485. The van der Waals surface area contributed by atoms with Gasteiger partial charge in [-0.15, -0.1) is 0 Å². The van der Waals surface area contributed by atoms with E-state index < -0.39 is 0 Å². The predicted molar refractivity (Wildman–Crippen MR) is 105 cm³/mol. The Hall–Kier alpha value is -1.64. The molecule has 0 aromatic heterocycles. The molecule has 132 valence electrons. The topological polar surface area (TPSA) is 18.6 Å². The molecule has 0 bridgehead atoms. The lowest BCUT2D eigenvalue weighted by Gasteiger charge is -2.14. The highest BCUT2D eigenvalue weighted by molar-refractivity contribution is 6.39. The number of nitrogens with zero attached hydrogens (tertiary/aromatic N) is 3. The van der Waals surface area contributed by atoms with Gasteiger partial charge in [0.2, 0.25) is 0 Å². The van der Waals surface area contributed by atoms with Gasteiger partial charge in [-0.25, -0.2) is 4.99 Å². The van der Waals surface area contributed by atoms with E-state index in [9.17, 15) is 0 Å². The minimum Gasteiger partial charge on any atom is -0.259 e. The molecule has 1 aromatic carbocycles. The maximum Gasteiger partial charge on any atom is 0.293 e. The third-order valence-electron chi connectivity index (χ3n) is 4.76. The molecular weight excluding hydrogens is 294 g/mol. The van der Waals surface area contributed by atoms with Crippen LogP contribution in [0.2, 0.25) is 0 Å². The molecule has 0 aliphatic carbocycles. The van der Waals surface area contributed by atoms with Crippen molar-refractivity contribution in [3.05, 3.63) is 30.3 Å². The summed E-state index contributed by atoms with van der Waals surface area (Å²) in [5, 5.41) is 0. The molecule has 2 rings (SSSR count). The Bertz CT molecular complexity index is 545. The number of hydrogen-bond acceptors (Lipinski definition) is 2. The number of hydrogen-bond donors (Lipinski definition) is 0. The maximum absolute atomic E-state index is 4.92. The summed E-state index contributed by atoms with van der Waals surface area (Å²) in [6.07, 6.45) is 9.10. The zero-order valence-corrected chi connectivity index (χ0v) is 15.8. The first kappa shape index (κ1) is 18.7. The molecule has 24 heavy (non-hydrogen) atoms. The number of aliphatic imine (C=N–C) groups is 1. The van der Waals surface area contributed by atoms with E-state index in [1.54, 1.807) is 0 Å². The standard InChI is InChI=1S/C21H34N3/c1-4-6-7-8-9-13-16-24-18-17-23(3)21(24)20(5-2)22-19-14-11-10-12-15-19/h10-12,14-15H,4-9,13,16-18H2,1-3H3/q+1. The summed E-state index contributed by atoms with van der Waals surface area (Å²) in [7, 11) is 2.20. The van der Waals surface area contributed by atoms with Gasteiger partial charge in [0.15, 0.2) is 0 Å². The summed E-state index contributed by atoms with van der Waals surface area (Å²) in [4.78, 5) is 7.47. The van der Waals surface area contributed by atoms with E-state index >= 15 is 0 Å². The quantitative estimate of drug-likeness (QED) is 0.340. The SMILES string of the molecule is CCCCCCCCN1CC[N+](C)=C1C(CC)=Nc1ccccc1. The van der Waals surface area contributed by atoms with E-state index in [-0.39, 0.29) is 0 Å². The molecule has 0 radical (unpaired) electrons. The van der Waals surface area contributed by atoms with Crippen LogP contribution in [-0.2, 0) is 0 Å². The van der Waals surface area contributed by atoms with Crippen LogP contribution in [0.4, 0.5) is 5.69 Å². The van der Waals surface area contributed by atoms with Gasteiger partial charge in [-0.05, 0) is 31.4 Å². The number of likely N-dealkylation sites (N-methyl/N-ethyl adjacent to an activating group) is 1. The van der Waals surface area contributed by atoms with Gasteiger partial charge in [0.25, 0.3) is 5.84 Å². The van der Waals surface area contributed by atoms with Crippen LogP contribution in [0.25, 0.3) is 0 Å². The van der Waals surface area contributed by atoms with E-state index in [0.717, 1.165) is 25.2 Å². The van der Waals surface area contributed by atoms with Gasteiger partial charge < -0.3 is 0 Å². The van der Waals surface area contributed by atoms with Gasteiger partial charge in [0.05, 0.1) is 19.3 Å². The van der Waals surface area contributed by atoms with E-state index in [0.29, 0.717) is 0 Å². The number of para-hydroxylation sites is 1. The van der Waals surface area contributed by atoms with Crippen molar-refractivity contribution in [2.45, 2.75) is 58.8 Å². The molecule has 3 nitrogen and oxygen atoms in total. The van der Waals surface area contributed by atoms with Crippen LogP contribution in [0.5, 0.6) is 0 Å². The highest BCUT2D eigenvalue weighted by Gasteiger charge is 2.31. The van der Waals surface area contributed by atoms with E-state index in [1.165, 1.54) is 56.6 Å². The number of rotatable bonds is 10. The smallest absolute Gasteiger partial charge is 0.259 e. The van der Waals surface area contributed by atoms with Gasteiger partial charge in [-0.1, -0.05) is 57.7 Å². The zero-order chi connectivity index (χ0) is 17.2. The second kappa shape index (κ2) is 10.3. The van der Waals surface area contributed by atoms with Crippen LogP contribution in [0.15, 0.2) is 35.3 Å². The first-order valence-electron chi connectivity index (χ1n) is 9.72. The van der Waals surface area contributed by atoms with Crippen LogP contribution >= 0.6 is 0 Å².